The van der Waals surface area contributed by atoms with Crippen LogP contribution in [0.2, 0.25) is 0 Å². The quantitative estimate of drug-likeness (QED) is 0.240. The van der Waals surface area contributed by atoms with Crippen LogP contribution in [0.3, 0.4) is 0 Å². The highest BCUT2D eigenvalue weighted by molar-refractivity contribution is 5.56. The number of aldehydes is 1. The molecule has 0 aliphatic rings. The molecule has 0 unspecified atom stereocenters. The van der Waals surface area contributed by atoms with Gasteiger partial charge in [0.15, 0.2) is 6.29 Å². The van der Waals surface area contributed by atoms with Crippen LogP contribution in [0.15, 0.2) is 0 Å². The molecule has 0 aliphatic carbocycles. The van der Waals surface area contributed by atoms with Gasteiger partial charge in [-0.05, 0) is 6.42 Å². The molecule has 0 bridgehead atoms. The van der Waals surface area contributed by atoms with Gasteiger partial charge < -0.3 is 30.3 Å². The Hall–Kier alpha value is -0.530. The molecule has 0 fully saturated rings. The summed E-state index contributed by atoms with van der Waals surface area (Å²) in [5, 5.41) is 42.6. The predicted molar refractivity (Wildman–Crippen MR) is 90.1 cm³/mol. The molecule has 0 spiro atoms. The summed E-state index contributed by atoms with van der Waals surface area (Å²) in [6.45, 7) is 1.94. The van der Waals surface area contributed by atoms with Gasteiger partial charge in [-0.1, -0.05) is 64.7 Å². The lowest BCUT2D eigenvalue weighted by molar-refractivity contribution is -0.127. The van der Waals surface area contributed by atoms with Crippen molar-refractivity contribution in [2.75, 3.05) is 13.2 Å². The van der Waals surface area contributed by atoms with Gasteiger partial charge in [0.2, 0.25) is 0 Å². The predicted octanol–water partition coefficient (Wildman–Crippen LogP) is 1.16. The highest BCUT2D eigenvalue weighted by Crippen LogP contribution is 2.10. The minimum absolute atomic E-state index is 0.0869. The molecule has 140 valence electrons. The summed E-state index contributed by atoms with van der Waals surface area (Å²) in [6.07, 6.45) is 8.67. The van der Waals surface area contributed by atoms with E-state index in [0.29, 0.717) is 6.61 Å². The molecular weight excluding hydrogens is 300 g/mol. The number of rotatable bonds is 14. The van der Waals surface area contributed by atoms with E-state index in [1.165, 1.54) is 57.8 Å². The van der Waals surface area contributed by atoms with Crippen molar-refractivity contribution in [2.45, 2.75) is 89.4 Å². The van der Waals surface area contributed by atoms with E-state index in [1.807, 2.05) is 0 Å². The van der Waals surface area contributed by atoms with E-state index in [2.05, 4.69) is 6.92 Å². The van der Waals surface area contributed by atoms with Crippen LogP contribution in [0.25, 0.3) is 0 Å². The molecule has 0 heterocycles. The van der Waals surface area contributed by atoms with E-state index >= 15 is 0 Å². The Bertz CT molecular complexity index is 227. The number of carbonyl (C=O) groups excluding carboxylic acids is 1. The van der Waals surface area contributed by atoms with Gasteiger partial charge in [-0.15, -0.1) is 0 Å². The first-order valence-electron chi connectivity index (χ1n) is 8.76. The van der Waals surface area contributed by atoms with Crippen molar-refractivity contribution in [1.29, 1.82) is 0 Å². The smallest absolute Gasteiger partial charge is 0.151 e. The molecule has 6 nitrogen and oxygen atoms in total. The van der Waals surface area contributed by atoms with Crippen molar-refractivity contribution < 1.29 is 30.3 Å². The summed E-state index contributed by atoms with van der Waals surface area (Å²) >= 11 is 0. The molecule has 0 radical (unpaired) electrons. The lowest BCUT2D eigenvalue weighted by atomic mass is 10.1. The molecule has 23 heavy (non-hydrogen) atoms. The Morgan fingerprint density at radius 1 is 0.783 bits per heavy atom. The first-order chi connectivity index (χ1) is 11.0. The van der Waals surface area contributed by atoms with Crippen molar-refractivity contribution in [3.05, 3.63) is 0 Å². The largest absolute Gasteiger partial charge is 0.396 e. The number of unbranched alkanes of at least 4 members (excludes halogenated alkanes) is 9. The Morgan fingerprint density at radius 2 is 1.22 bits per heavy atom. The lowest BCUT2D eigenvalue weighted by Gasteiger charge is -2.16. The van der Waals surface area contributed by atoms with Gasteiger partial charge in [0.25, 0.3) is 0 Å². The van der Waals surface area contributed by atoms with Crippen LogP contribution >= 0.6 is 0 Å². The summed E-state index contributed by atoms with van der Waals surface area (Å²) in [7, 11) is 0. The topological polar surface area (TPSA) is 118 Å². The van der Waals surface area contributed by atoms with Crippen molar-refractivity contribution >= 4 is 6.29 Å². The number of carbonyl (C=O) groups is 1. The minimum atomic E-state index is -1.64. The van der Waals surface area contributed by atoms with Gasteiger partial charge in [-0.2, -0.15) is 0 Å². The molecule has 0 aromatic rings. The van der Waals surface area contributed by atoms with Crippen molar-refractivity contribution in [3.63, 3.8) is 0 Å². The second kappa shape index (κ2) is 19.5. The van der Waals surface area contributed by atoms with Crippen LogP contribution < -0.4 is 0 Å². The van der Waals surface area contributed by atoms with Gasteiger partial charge in [0.1, 0.15) is 18.3 Å². The summed E-state index contributed by atoms with van der Waals surface area (Å²) in [6, 6.07) is 0. The Kier molecular flexibility index (Phi) is 21.0. The van der Waals surface area contributed by atoms with E-state index in [-0.39, 0.29) is 6.29 Å². The van der Waals surface area contributed by atoms with Gasteiger partial charge in [-0.25, -0.2) is 0 Å². The maximum atomic E-state index is 9.76. The van der Waals surface area contributed by atoms with Crippen molar-refractivity contribution in [3.8, 4) is 0 Å². The van der Waals surface area contributed by atoms with E-state index in [9.17, 15) is 4.79 Å². The van der Waals surface area contributed by atoms with Crippen LogP contribution in [0, 0.1) is 0 Å². The van der Waals surface area contributed by atoms with Crippen molar-refractivity contribution in [2.24, 2.45) is 0 Å². The SMILES string of the molecule is CCCCCCCCCCCCO.O=C[C@H](O)[C@@H](O)[C@H](O)CO. The number of hydrogen-bond donors (Lipinski definition) is 5. The van der Waals surface area contributed by atoms with Crippen LogP contribution in [-0.4, -0.2) is 63.3 Å². The zero-order chi connectivity index (χ0) is 17.9. The fourth-order valence-electron chi connectivity index (χ4n) is 2.02. The summed E-state index contributed by atoms with van der Waals surface area (Å²) in [4.78, 5) is 9.76. The lowest BCUT2D eigenvalue weighted by Crippen LogP contribution is -2.40. The number of aliphatic hydroxyl groups is 5. The zero-order valence-electron chi connectivity index (χ0n) is 14.4. The zero-order valence-corrected chi connectivity index (χ0v) is 14.4. The molecular formula is C17H36O6. The fraction of sp³-hybridized carbons (Fsp3) is 0.941. The Labute approximate surface area is 140 Å². The molecule has 0 aromatic heterocycles. The van der Waals surface area contributed by atoms with Crippen LogP contribution in [0.5, 0.6) is 0 Å². The third-order valence-corrected chi connectivity index (χ3v) is 3.58. The average Bonchev–Trinajstić information content (AvgIpc) is 2.58. The molecule has 0 amide bonds. The van der Waals surface area contributed by atoms with Gasteiger partial charge in [0, 0.05) is 6.61 Å². The first kappa shape index (κ1) is 24.7. The molecule has 0 saturated carbocycles. The summed E-state index contributed by atoms with van der Waals surface area (Å²) < 4.78 is 0. The second-order valence-electron chi connectivity index (χ2n) is 5.77. The van der Waals surface area contributed by atoms with Gasteiger partial charge in [-0.3, -0.25) is 0 Å². The molecule has 3 atom stereocenters. The first-order valence-corrected chi connectivity index (χ1v) is 8.76. The van der Waals surface area contributed by atoms with E-state index in [4.69, 9.17) is 25.5 Å². The molecule has 0 aromatic carbocycles. The van der Waals surface area contributed by atoms with Crippen LogP contribution in [0.1, 0.15) is 71.1 Å². The molecule has 0 saturated heterocycles. The van der Waals surface area contributed by atoms with Gasteiger partial charge in [0.05, 0.1) is 6.61 Å². The standard InChI is InChI=1S/C12H26O.C5H10O5/c1-2-3-4-5-6-7-8-9-10-11-12-13;6-1-3(8)5(10)4(9)2-7/h13H,2-12H2,1H3;1,3-5,7-10H,2H2/t;3-,4+,5+/m.0/s1. The summed E-state index contributed by atoms with van der Waals surface area (Å²) in [5.74, 6) is 0. The third kappa shape index (κ3) is 17.7. The van der Waals surface area contributed by atoms with Gasteiger partial charge >= 0.3 is 0 Å². The molecule has 0 rings (SSSR count). The maximum Gasteiger partial charge on any atom is 0.151 e. The Balaban J connectivity index is 0. The van der Waals surface area contributed by atoms with E-state index < -0.39 is 24.9 Å². The monoisotopic (exact) mass is 336 g/mol. The molecule has 6 heteroatoms. The number of aliphatic hydroxyl groups excluding tert-OH is 5. The molecule has 5 N–H and O–H groups in total. The maximum absolute atomic E-state index is 9.76. The van der Waals surface area contributed by atoms with E-state index in [0.717, 1.165) is 6.42 Å². The number of hydrogen-bond acceptors (Lipinski definition) is 6. The van der Waals surface area contributed by atoms with E-state index in [1.54, 1.807) is 0 Å². The second-order valence-corrected chi connectivity index (χ2v) is 5.77. The van der Waals surface area contributed by atoms with Crippen LogP contribution in [-0.2, 0) is 4.79 Å². The average molecular weight is 336 g/mol. The molecule has 0 aliphatic heterocycles. The summed E-state index contributed by atoms with van der Waals surface area (Å²) in [5.41, 5.74) is 0. The highest BCUT2D eigenvalue weighted by Gasteiger charge is 2.22. The fourth-order valence-corrected chi connectivity index (χ4v) is 2.02. The third-order valence-electron chi connectivity index (χ3n) is 3.58. The van der Waals surface area contributed by atoms with Crippen LogP contribution in [0.4, 0.5) is 0 Å². The normalized spacial score (nSPS) is 14.5. The Morgan fingerprint density at radius 3 is 1.57 bits per heavy atom. The van der Waals surface area contributed by atoms with Crippen molar-refractivity contribution in [1.82, 2.24) is 0 Å². The minimum Gasteiger partial charge on any atom is -0.396 e. The highest BCUT2D eigenvalue weighted by atomic mass is 16.4.